The number of anilines is 1. The average Bonchev–Trinajstić information content (AvgIpc) is 3.19. The second kappa shape index (κ2) is 19.2. The number of esters is 1. The quantitative estimate of drug-likeness (QED) is 0.130. The molecular formula is C43H46ClF3N4O7. The third-order valence-corrected chi connectivity index (χ3v) is 10.6. The van der Waals surface area contributed by atoms with E-state index in [1.54, 1.807) is 62.4 Å². The van der Waals surface area contributed by atoms with Crippen LogP contribution in [0.5, 0.6) is 5.75 Å². The van der Waals surface area contributed by atoms with Gasteiger partial charge < -0.3 is 39.8 Å². The Morgan fingerprint density at radius 3 is 2.07 bits per heavy atom. The van der Waals surface area contributed by atoms with Crippen molar-refractivity contribution in [2.24, 2.45) is 0 Å². The summed E-state index contributed by atoms with van der Waals surface area (Å²) in [5.74, 6) is -3.47. The van der Waals surface area contributed by atoms with Gasteiger partial charge in [-0.15, -0.1) is 0 Å². The number of urea groups is 1. The predicted octanol–water partition coefficient (Wildman–Crippen LogP) is 6.06. The molecule has 1 aliphatic heterocycles. The lowest BCUT2D eigenvalue weighted by molar-refractivity contribution is -0.967. The molecule has 1 unspecified atom stereocenters. The van der Waals surface area contributed by atoms with Crippen LogP contribution in [0.1, 0.15) is 52.9 Å². The van der Waals surface area contributed by atoms with Crippen LogP contribution in [0, 0.1) is 0 Å². The first-order valence-electron chi connectivity index (χ1n) is 18.9. The number of phenols is 1. The lowest BCUT2D eigenvalue weighted by atomic mass is 9.85. The van der Waals surface area contributed by atoms with Crippen molar-refractivity contribution in [2.45, 2.75) is 70.4 Å². The van der Waals surface area contributed by atoms with Gasteiger partial charge in [0.2, 0.25) is 5.91 Å². The molecular weight excluding hydrogens is 777 g/mol. The number of hydrogen-bond acceptors (Lipinski definition) is 7. The summed E-state index contributed by atoms with van der Waals surface area (Å²) in [5, 5.41) is 25.1. The Bertz CT molecular complexity index is 2040. The zero-order chi connectivity index (χ0) is 42.0. The number of aromatic hydroxyl groups is 1. The summed E-state index contributed by atoms with van der Waals surface area (Å²) in [6.45, 7) is 7.14. The number of fused-ring (bicyclic) bond motifs is 1. The number of carbonyl (C=O) groups excluding carboxylic acids is 4. The van der Waals surface area contributed by atoms with E-state index in [-0.39, 0.29) is 24.2 Å². The van der Waals surface area contributed by atoms with Gasteiger partial charge in [0.05, 0.1) is 43.9 Å². The molecule has 2 atom stereocenters. The standard InChI is InChI=1S/C41H45ClN4O5.C2HF3O2/c1-28(2)51-40(49)32-11-16-35(17-12-32)43-41(50)44-38(25-29-9-19-37(47)20-10-29)39(48)45-21-23-46(24-22-45,27-30-7-14-34(42)15-8-30)36-18-13-31-5-3-4-6-33(31)26-36;3-2(4,5)1(6)7/h3-12,14-17,19-20,28,36,38H,13,18,21-27H2,1-2H3,(H2-,43,44,47,49,50);(H,6,7)/t36?,38-;/m0./s1. The summed E-state index contributed by atoms with van der Waals surface area (Å²) in [6.07, 6.45) is -2.05. The van der Waals surface area contributed by atoms with E-state index in [0.717, 1.165) is 48.9 Å². The molecule has 4 aromatic carbocycles. The smallest absolute Gasteiger partial charge is 0.430 e. The van der Waals surface area contributed by atoms with Gasteiger partial charge in [-0.1, -0.05) is 60.1 Å². The Morgan fingerprint density at radius 1 is 0.897 bits per heavy atom. The first-order valence-corrected chi connectivity index (χ1v) is 19.3. The number of ether oxygens (including phenoxy) is 1. The van der Waals surface area contributed by atoms with E-state index in [2.05, 4.69) is 47.0 Å². The molecule has 1 heterocycles. The number of carboxylic acid groups (broad SMARTS) is 1. The number of nitrogens with zero attached hydrogens (tertiary/aromatic N) is 2. The van der Waals surface area contributed by atoms with Crippen molar-refractivity contribution in [3.05, 3.63) is 130 Å². The highest BCUT2D eigenvalue weighted by Gasteiger charge is 2.43. The fourth-order valence-corrected chi connectivity index (χ4v) is 7.55. The van der Waals surface area contributed by atoms with E-state index >= 15 is 0 Å². The highest BCUT2D eigenvalue weighted by Crippen LogP contribution is 2.33. The highest BCUT2D eigenvalue weighted by molar-refractivity contribution is 6.30. The largest absolute Gasteiger partial charge is 0.542 e. The number of aliphatic carboxylic acids is 1. The summed E-state index contributed by atoms with van der Waals surface area (Å²) in [7, 11) is 0. The number of nitrogens with one attached hydrogen (secondary N) is 2. The maximum atomic E-state index is 14.3. The molecule has 0 saturated carbocycles. The van der Waals surface area contributed by atoms with Crippen LogP contribution in [0.25, 0.3) is 0 Å². The lowest BCUT2D eigenvalue weighted by Crippen LogP contribution is -2.66. The van der Waals surface area contributed by atoms with E-state index in [4.69, 9.17) is 26.2 Å². The molecule has 3 N–H and O–H groups in total. The van der Waals surface area contributed by atoms with Gasteiger partial charge in [0.25, 0.3) is 0 Å². The molecule has 308 valence electrons. The van der Waals surface area contributed by atoms with Gasteiger partial charge in [0.1, 0.15) is 24.3 Å². The van der Waals surface area contributed by atoms with Crippen molar-refractivity contribution >= 4 is 41.2 Å². The SMILES string of the molecule is CC(C)OC(=O)c1ccc(NC(=O)N[C@@H](Cc2ccc(O)cc2)C(=O)N2CC[N+](Cc3ccc(Cl)cc3)(C3CCc4ccccc4C3)CC2)cc1.O=C([O-])C(F)(F)F. The molecule has 3 amide bonds. The molecule has 0 bridgehead atoms. The summed E-state index contributed by atoms with van der Waals surface area (Å²) >= 11 is 6.24. The van der Waals surface area contributed by atoms with Crippen LogP contribution < -0.4 is 15.7 Å². The second-order valence-electron chi connectivity index (χ2n) is 14.8. The number of amides is 3. The van der Waals surface area contributed by atoms with Gasteiger partial charge >= 0.3 is 18.2 Å². The topological polar surface area (TPSA) is 148 Å². The van der Waals surface area contributed by atoms with Crippen molar-refractivity contribution < 1.29 is 51.8 Å². The molecule has 15 heteroatoms. The van der Waals surface area contributed by atoms with Crippen molar-refractivity contribution in [3.8, 4) is 5.75 Å². The maximum Gasteiger partial charge on any atom is 0.430 e. The Labute approximate surface area is 340 Å². The number of benzene rings is 4. The minimum absolute atomic E-state index is 0.129. The number of halogens is 4. The van der Waals surface area contributed by atoms with E-state index in [1.165, 1.54) is 16.7 Å². The number of phenolic OH excluding ortho intramolecular Hbond substituents is 1. The average molecular weight is 823 g/mol. The monoisotopic (exact) mass is 822 g/mol. The van der Waals surface area contributed by atoms with E-state index in [0.29, 0.717) is 35.4 Å². The van der Waals surface area contributed by atoms with Crippen molar-refractivity contribution in [1.29, 1.82) is 0 Å². The van der Waals surface area contributed by atoms with Crippen LogP contribution in [0.4, 0.5) is 23.7 Å². The summed E-state index contributed by atoms with van der Waals surface area (Å²) in [4.78, 5) is 50.5. The summed E-state index contributed by atoms with van der Waals surface area (Å²) in [6, 6.07) is 29.0. The van der Waals surface area contributed by atoms with E-state index in [1.807, 2.05) is 17.0 Å². The molecule has 2 aliphatic rings. The van der Waals surface area contributed by atoms with Crippen LogP contribution in [-0.4, -0.2) is 88.9 Å². The van der Waals surface area contributed by atoms with Crippen LogP contribution in [0.15, 0.2) is 97.1 Å². The Kier molecular flexibility index (Phi) is 14.4. The number of carboxylic acids is 1. The number of rotatable bonds is 10. The maximum absolute atomic E-state index is 14.3. The molecule has 11 nitrogen and oxygen atoms in total. The van der Waals surface area contributed by atoms with Gasteiger partial charge in [-0.05, 0) is 85.5 Å². The zero-order valence-electron chi connectivity index (χ0n) is 32.1. The van der Waals surface area contributed by atoms with Gasteiger partial charge in [0.15, 0.2) is 0 Å². The molecule has 4 aromatic rings. The van der Waals surface area contributed by atoms with E-state index < -0.39 is 30.2 Å². The first-order chi connectivity index (χ1) is 27.5. The van der Waals surface area contributed by atoms with Crippen LogP contribution in [0.2, 0.25) is 5.02 Å². The summed E-state index contributed by atoms with van der Waals surface area (Å²) < 4.78 is 37.7. The molecule has 0 aromatic heterocycles. The van der Waals surface area contributed by atoms with Gasteiger partial charge in [-0.25, -0.2) is 9.59 Å². The molecule has 58 heavy (non-hydrogen) atoms. The molecule has 1 fully saturated rings. The van der Waals surface area contributed by atoms with Crippen molar-refractivity contribution in [3.63, 3.8) is 0 Å². The third-order valence-electron chi connectivity index (χ3n) is 10.4. The molecule has 0 spiro atoms. The third kappa shape index (κ3) is 12.0. The Balaban J connectivity index is 0.000000839. The fourth-order valence-electron chi connectivity index (χ4n) is 7.42. The minimum atomic E-state index is -5.19. The van der Waals surface area contributed by atoms with Crippen LogP contribution in [0.3, 0.4) is 0 Å². The number of alkyl halides is 3. The van der Waals surface area contributed by atoms with Crippen molar-refractivity contribution in [2.75, 3.05) is 31.5 Å². The normalized spacial score (nSPS) is 16.5. The fraction of sp³-hybridized carbons (Fsp3) is 0.349. The van der Waals surface area contributed by atoms with E-state index in [9.17, 15) is 32.7 Å². The first kappa shape index (κ1) is 43.5. The molecule has 6 rings (SSSR count). The summed E-state index contributed by atoms with van der Waals surface area (Å²) in [5.41, 5.74) is 5.73. The number of hydrogen-bond donors (Lipinski definition) is 3. The Hall–Kier alpha value is -5.60. The number of carbonyl (C=O) groups is 4. The number of aryl methyl sites for hydroxylation is 1. The lowest BCUT2D eigenvalue weighted by Gasteiger charge is -2.51. The number of piperazine rings is 1. The zero-order valence-corrected chi connectivity index (χ0v) is 32.9. The van der Waals surface area contributed by atoms with Crippen LogP contribution in [-0.2, 0) is 40.1 Å². The van der Waals surface area contributed by atoms with Crippen LogP contribution >= 0.6 is 11.6 Å². The molecule has 1 aliphatic carbocycles. The van der Waals surface area contributed by atoms with Crippen molar-refractivity contribution in [1.82, 2.24) is 10.2 Å². The highest BCUT2D eigenvalue weighted by atomic mass is 35.5. The van der Waals surface area contributed by atoms with Gasteiger partial charge in [0, 0.05) is 35.5 Å². The minimum Gasteiger partial charge on any atom is -0.542 e. The Morgan fingerprint density at radius 2 is 1.48 bits per heavy atom. The van der Waals surface area contributed by atoms with Gasteiger partial charge in [-0.2, -0.15) is 13.2 Å². The molecule has 1 saturated heterocycles. The van der Waals surface area contributed by atoms with Gasteiger partial charge in [-0.3, -0.25) is 4.79 Å². The predicted molar refractivity (Wildman–Crippen MR) is 210 cm³/mol. The molecule has 0 radical (unpaired) electrons. The number of quaternary nitrogens is 1. The second-order valence-corrected chi connectivity index (χ2v) is 15.2.